The number of hydrogen-bond donors (Lipinski definition) is 2. The third kappa shape index (κ3) is 6.61. The summed E-state index contributed by atoms with van der Waals surface area (Å²) >= 11 is 1.59. The van der Waals surface area contributed by atoms with Crippen LogP contribution in [0.3, 0.4) is 0 Å². The number of thiophene rings is 1. The highest BCUT2D eigenvalue weighted by Gasteiger charge is 2.35. The first-order valence-electron chi connectivity index (χ1n) is 11.7. The monoisotopic (exact) mass is 511 g/mol. The highest BCUT2D eigenvalue weighted by molar-refractivity contribution is 7.09. The summed E-state index contributed by atoms with van der Waals surface area (Å²) in [4.78, 5) is 29.4. The fourth-order valence-corrected chi connectivity index (χ4v) is 5.09. The number of carbonyl (C=O) groups excluding carboxylic acids is 2. The lowest BCUT2D eigenvalue weighted by molar-refractivity contribution is -0.130. The Kier molecular flexibility index (Phi) is 8.56. The van der Waals surface area contributed by atoms with E-state index >= 15 is 0 Å². The van der Waals surface area contributed by atoms with Gasteiger partial charge in [-0.15, -0.1) is 11.3 Å². The lowest BCUT2D eigenvalue weighted by Crippen LogP contribution is -2.48. The number of hydrogen-bond acceptors (Lipinski definition) is 6. The van der Waals surface area contributed by atoms with Crippen molar-refractivity contribution in [1.29, 1.82) is 0 Å². The maximum atomic E-state index is 13.3. The Balaban J connectivity index is 1.48. The molecule has 1 aromatic heterocycles. The van der Waals surface area contributed by atoms with E-state index in [0.717, 1.165) is 10.4 Å². The molecule has 1 saturated heterocycles. The van der Waals surface area contributed by atoms with E-state index in [1.54, 1.807) is 25.6 Å². The van der Waals surface area contributed by atoms with Gasteiger partial charge in [-0.3, -0.25) is 14.5 Å². The number of amides is 2. The molecular formula is C27H30FN3O4S. The molecule has 2 N–H and O–H groups in total. The summed E-state index contributed by atoms with van der Waals surface area (Å²) in [5, 5.41) is 7.87. The summed E-state index contributed by atoms with van der Waals surface area (Å²) in [6, 6.07) is 15.3. The van der Waals surface area contributed by atoms with Crippen LogP contribution in [0.4, 0.5) is 10.1 Å². The number of likely N-dealkylation sites (tertiary alicyclic amines) is 1. The van der Waals surface area contributed by atoms with E-state index in [1.165, 1.54) is 24.3 Å². The van der Waals surface area contributed by atoms with Crippen LogP contribution in [-0.2, 0) is 22.7 Å². The molecule has 7 nitrogen and oxygen atoms in total. The van der Waals surface area contributed by atoms with E-state index in [2.05, 4.69) is 15.5 Å². The second-order valence-electron chi connectivity index (χ2n) is 8.81. The number of nitrogens with zero attached hydrogens (tertiary/aromatic N) is 1. The van der Waals surface area contributed by atoms with Crippen LogP contribution in [0.2, 0.25) is 0 Å². The Morgan fingerprint density at radius 1 is 1.00 bits per heavy atom. The average molecular weight is 512 g/mol. The number of methoxy groups -OCH3 is 2. The predicted molar refractivity (Wildman–Crippen MR) is 138 cm³/mol. The fourth-order valence-electron chi connectivity index (χ4n) is 4.45. The molecule has 2 atom stereocenters. The van der Waals surface area contributed by atoms with Crippen molar-refractivity contribution in [3.63, 3.8) is 0 Å². The summed E-state index contributed by atoms with van der Waals surface area (Å²) in [5.41, 5.74) is 1.52. The molecule has 1 aliphatic heterocycles. The number of ether oxygens (including phenoxy) is 2. The molecule has 0 saturated carbocycles. The lowest BCUT2D eigenvalue weighted by Gasteiger charge is -2.36. The fraction of sp³-hybridized carbons (Fsp3) is 0.333. The van der Waals surface area contributed by atoms with Crippen LogP contribution in [0.25, 0.3) is 0 Å². The van der Waals surface area contributed by atoms with Crippen LogP contribution >= 0.6 is 11.3 Å². The van der Waals surface area contributed by atoms with Gasteiger partial charge >= 0.3 is 0 Å². The Labute approximate surface area is 214 Å². The van der Waals surface area contributed by atoms with Crippen LogP contribution in [0.1, 0.15) is 16.9 Å². The molecule has 2 amide bonds. The van der Waals surface area contributed by atoms with Gasteiger partial charge in [0.05, 0.1) is 32.6 Å². The largest absolute Gasteiger partial charge is 0.493 e. The summed E-state index contributed by atoms with van der Waals surface area (Å²) < 4.78 is 24.0. The molecule has 4 rings (SSSR count). The van der Waals surface area contributed by atoms with Crippen molar-refractivity contribution in [2.24, 2.45) is 11.8 Å². The first-order chi connectivity index (χ1) is 17.4. The van der Waals surface area contributed by atoms with Gasteiger partial charge in [0.15, 0.2) is 11.5 Å². The molecule has 0 unspecified atom stereocenters. The molecule has 0 bridgehead atoms. The molecule has 9 heteroatoms. The topological polar surface area (TPSA) is 79.9 Å². The van der Waals surface area contributed by atoms with Gasteiger partial charge < -0.3 is 20.1 Å². The average Bonchev–Trinajstić information content (AvgIpc) is 3.42. The van der Waals surface area contributed by atoms with Crippen LogP contribution in [0, 0.1) is 17.7 Å². The maximum absolute atomic E-state index is 13.3. The highest BCUT2D eigenvalue weighted by atomic mass is 32.1. The Bertz CT molecular complexity index is 1170. The Morgan fingerprint density at radius 2 is 1.72 bits per heavy atom. The van der Waals surface area contributed by atoms with Crippen molar-refractivity contribution >= 4 is 28.8 Å². The summed E-state index contributed by atoms with van der Waals surface area (Å²) in [6.45, 7) is 2.05. The van der Waals surface area contributed by atoms with E-state index in [9.17, 15) is 14.0 Å². The normalized spacial score (nSPS) is 17.9. The Hall–Kier alpha value is -3.43. The van der Waals surface area contributed by atoms with Crippen LogP contribution < -0.4 is 20.1 Å². The molecule has 0 radical (unpaired) electrons. The van der Waals surface area contributed by atoms with Crippen molar-refractivity contribution in [2.75, 3.05) is 32.6 Å². The van der Waals surface area contributed by atoms with Gasteiger partial charge in [-0.05, 0) is 59.8 Å². The minimum atomic E-state index is -0.401. The summed E-state index contributed by atoms with van der Waals surface area (Å²) in [7, 11) is 3.18. The van der Waals surface area contributed by atoms with E-state index in [-0.39, 0.29) is 23.5 Å². The molecule has 36 heavy (non-hydrogen) atoms. The second kappa shape index (κ2) is 12.0. The second-order valence-corrected chi connectivity index (χ2v) is 9.84. The zero-order valence-corrected chi connectivity index (χ0v) is 21.1. The minimum Gasteiger partial charge on any atom is -0.493 e. The van der Waals surface area contributed by atoms with E-state index < -0.39 is 5.92 Å². The van der Waals surface area contributed by atoms with E-state index in [4.69, 9.17) is 9.47 Å². The standard InChI is InChI=1S/C27H30FN3O4S/c1-34-24-10-5-18(12-25(24)35-2)15-31-16-19(26(32)29-14-23-4-3-11-36-23)13-20(17-31)27(33)30-22-8-6-21(28)7-9-22/h3-12,19-20H,13-17H2,1-2H3,(H,29,32)(H,30,33)/t19-,20+/m0/s1. The molecule has 2 heterocycles. The molecule has 3 aromatic rings. The Morgan fingerprint density at radius 3 is 2.39 bits per heavy atom. The molecule has 2 aromatic carbocycles. The van der Waals surface area contributed by atoms with E-state index in [0.29, 0.717) is 49.8 Å². The molecule has 190 valence electrons. The molecule has 1 fully saturated rings. The van der Waals surface area contributed by atoms with Crippen molar-refractivity contribution in [3.8, 4) is 11.5 Å². The first-order valence-corrected chi connectivity index (χ1v) is 12.6. The highest BCUT2D eigenvalue weighted by Crippen LogP contribution is 2.30. The van der Waals surface area contributed by atoms with E-state index in [1.807, 2.05) is 35.7 Å². The zero-order valence-electron chi connectivity index (χ0n) is 20.3. The number of rotatable bonds is 9. The predicted octanol–water partition coefficient (Wildman–Crippen LogP) is 4.30. The summed E-state index contributed by atoms with van der Waals surface area (Å²) in [5.74, 6) is -0.0988. The first kappa shape index (κ1) is 25.7. The number of halogens is 1. The van der Waals surface area contributed by atoms with Gasteiger partial charge in [0.25, 0.3) is 0 Å². The van der Waals surface area contributed by atoms with Gasteiger partial charge in [-0.25, -0.2) is 4.39 Å². The number of carbonyl (C=O) groups is 2. The number of benzene rings is 2. The van der Waals surface area contributed by atoms with Gasteiger partial charge in [0, 0.05) is 30.2 Å². The van der Waals surface area contributed by atoms with Crippen molar-refractivity contribution in [2.45, 2.75) is 19.5 Å². The molecule has 0 spiro atoms. The van der Waals surface area contributed by atoms with Gasteiger partial charge in [-0.2, -0.15) is 0 Å². The number of piperidine rings is 1. The number of nitrogens with one attached hydrogen (secondary N) is 2. The van der Waals surface area contributed by atoms with Gasteiger partial charge in [0.1, 0.15) is 5.82 Å². The SMILES string of the molecule is COc1ccc(CN2C[C@@H](C(=O)NCc3cccs3)C[C@@H](C(=O)Nc3ccc(F)cc3)C2)cc1OC. The van der Waals surface area contributed by atoms with Crippen molar-refractivity contribution in [1.82, 2.24) is 10.2 Å². The third-order valence-corrected chi connectivity index (χ3v) is 7.13. The van der Waals surface area contributed by atoms with Gasteiger partial charge in [0.2, 0.25) is 11.8 Å². The third-order valence-electron chi connectivity index (χ3n) is 6.25. The summed E-state index contributed by atoms with van der Waals surface area (Å²) in [6.07, 6.45) is 0.436. The van der Waals surface area contributed by atoms with Crippen molar-refractivity contribution < 1.29 is 23.5 Å². The van der Waals surface area contributed by atoms with Crippen molar-refractivity contribution in [3.05, 3.63) is 76.2 Å². The molecular weight excluding hydrogens is 481 g/mol. The molecule has 1 aliphatic rings. The van der Waals surface area contributed by atoms with Crippen LogP contribution in [0.15, 0.2) is 60.0 Å². The number of anilines is 1. The van der Waals surface area contributed by atoms with Crippen LogP contribution in [-0.4, -0.2) is 44.0 Å². The maximum Gasteiger partial charge on any atom is 0.228 e. The minimum absolute atomic E-state index is 0.0695. The smallest absolute Gasteiger partial charge is 0.228 e. The quantitative estimate of drug-likeness (QED) is 0.448. The van der Waals surface area contributed by atoms with Crippen LogP contribution in [0.5, 0.6) is 11.5 Å². The lowest BCUT2D eigenvalue weighted by atomic mass is 9.87. The molecule has 0 aliphatic carbocycles. The zero-order chi connectivity index (χ0) is 25.5. The van der Waals surface area contributed by atoms with Gasteiger partial charge in [-0.1, -0.05) is 12.1 Å².